The van der Waals surface area contributed by atoms with E-state index in [1.807, 2.05) is 0 Å². The second-order valence-electron chi connectivity index (χ2n) is 6.47. The van der Waals surface area contributed by atoms with Crippen molar-refractivity contribution in [3.63, 3.8) is 0 Å². The Kier molecular flexibility index (Phi) is 6.60. The average molecular weight is 396 g/mol. The number of aromatic nitrogens is 1. The van der Waals surface area contributed by atoms with Crippen molar-refractivity contribution in [1.29, 1.82) is 5.26 Å². The van der Waals surface area contributed by atoms with Crippen LogP contribution in [0.1, 0.15) is 18.4 Å². The van der Waals surface area contributed by atoms with Crippen LogP contribution in [0.3, 0.4) is 0 Å². The summed E-state index contributed by atoms with van der Waals surface area (Å²) >= 11 is 0. The Morgan fingerprint density at radius 3 is 2.72 bits per heavy atom. The van der Waals surface area contributed by atoms with E-state index >= 15 is 0 Å². The predicted molar refractivity (Wildman–Crippen MR) is 106 cm³/mol. The SMILES string of the molecule is COc1cccc2nc(OCCCC(O)CO)c(C#N)c(-c3cccc(F)c3)c12. The normalized spacial score (nSPS) is 11.8. The largest absolute Gasteiger partial charge is 0.496 e. The molecule has 7 heteroatoms. The van der Waals surface area contributed by atoms with Gasteiger partial charge in [-0.3, -0.25) is 0 Å². The van der Waals surface area contributed by atoms with Gasteiger partial charge in [-0.25, -0.2) is 9.37 Å². The fraction of sp³-hybridized carbons (Fsp3) is 0.273. The number of nitrogens with zero attached hydrogens (tertiary/aromatic N) is 2. The Morgan fingerprint density at radius 1 is 1.24 bits per heavy atom. The average Bonchev–Trinajstić information content (AvgIpc) is 2.74. The molecule has 0 saturated heterocycles. The monoisotopic (exact) mass is 396 g/mol. The van der Waals surface area contributed by atoms with Gasteiger partial charge in [0.2, 0.25) is 5.88 Å². The Bertz CT molecular complexity index is 1050. The summed E-state index contributed by atoms with van der Waals surface area (Å²) in [4.78, 5) is 4.47. The maximum atomic E-state index is 13.9. The van der Waals surface area contributed by atoms with Crippen LogP contribution in [0.4, 0.5) is 4.39 Å². The van der Waals surface area contributed by atoms with Crippen LogP contribution in [0.5, 0.6) is 11.6 Å². The van der Waals surface area contributed by atoms with Gasteiger partial charge in [-0.15, -0.1) is 0 Å². The summed E-state index contributed by atoms with van der Waals surface area (Å²) in [7, 11) is 1.52. The Morgan fingerprint density at radius 2 is 2.03 bits per heavy atom. The number of benzene rings is 2. The van der Waals surface area contributed by atoms with Crippen molar-refractivity contribution in [1.82, 2.24) is 4.98 Å². The van der Waals surface area contributed by atoms with Crippen LogP contribution in [-0.2, 0) is 0 Å². The van der Waals surface area contributed by atoms with Crippen molar-refractivity contribution in [2.45, 2.75) is 18.9 Å². The number of aliphatic hydroxyl groups excluding tert-OH is 2. The lowest BCUT2D eigenvalue weighted by Crippen LogP contribution is -2.13. The second-order valence-corrected chi connectivity index (χ2v) is 6.47. The zero-order valence-electron chi connectivity index (χ0n) is 15.9. The summed E-state index contributed by atoms with van der Waals surface area (Å²) in [5.74, 6) is 0.223. The number of pyridine rings is 1. The number of rotatable bonds is 8. The van der Waals surface area contributed by atoms with E-state index in [0.29, 0.717) is 40.6 Å². The molecule has 29 heavy (non-hydrogen) atoms. The first-order valence-electron chi connectivity index (χ1n) is 9.17. The van der Waals surface area contributed by atoms with Gasteiger partial charge in [0.25, 0.3) is 0 Å². The maximum absolute atomic E-state index is 13.9. The van der Waals surface area contributed by atoms with Crippen molar-refractivity contribution in [2.75, 3.05) is 20.3 Å². The minimum Gasteiger partial charge on any atom is -0.496 e. The molecule has 0 bridgehead atoms. The first-order chi connectivity index (χ1) is 14.1. The molecule has 2 N–H and O–H groups in total. The highest BCUT2D eigenvalue weighted by molar-refractivity contribution is 6.02. The third kappa shape index (κ3) is 4.45. The van der Waals surface area contributed by atoms with E-state index in [1.54, 1.807) is 30.3 Å². The van der Waals surface area contributed by atoms with Gasteiger partial charge in [0, 0.05) is 5.56 Å². The molecular formula is C22H21FN2O4. The minimum atomic E-state index is -0.814. The molecule has 0 aliphatic rings. The van der Waals surface area contributed by atoms with Crippen molar-refractivity contribution >= 4 is 10.9 Å². The van der Waals surface area contributed by atoms with E-state index in [4.69, 9.17) is 14.6 Å². The highest BCUT2D eigenvalue weighted by atomic mass is 19.1. The molecule has 3 aromatic rings. The van der Waals surface area contributed by atoms with Gasteiger partial charge in [0.1, 0.15) is 23.2 Å². The van der Waals surface area contributed by atoms with Crippen LogP contribution in [0.15, 0.2) is 42.5 Å². The van der Waals surface area contributed by atoms with Gasteiger partial charge in [-0.05, 0) is 42.7 Å². The molecule has 0 spiro atoms. The standard InChI is InChI=1S/C22H21FN2O4/c1-28-19-9-3-8-18-21(19)20(14-5-2-6-15(23)11-14)17(12-24)22(25-18)29-10-4-7-16(27)13-26/h2-3,5-6,8-9,11,16,26-27H,4,7,10,13H2,1H3. The third-order valence-electron chi connectivity index (χ3n) is 4.52. The number of halogens is 1. The fourth-order valence-corrected chi connectivity index (χ4v) is 3.15. The van der Waals surface area contributed by atoms with Gasteiger partial charge >= 0.3 is 0 Å². The zero-order valence-corrected chi connectivity index (χ0v) is 15.9. The summed E-state index contributed by atoms with van der Waals surface area (Å²) in [6.07, 6.45) is 0.0155. The van der Waals surface area contributed by atoms with E-state index in [1.165, 1.54) is 19.2 Å². The van der Waals surface area contributed by atoms with Crippen LogP contribution in [-0.4, -0.2) is 41.6 Å². The lowest BCUT2D eigenvalue weighted by molar-refractivity contribution is 0.0826. The first kappa shape index (κ1) is 20.5. The summed E-state index contributed by atoms with van der Waals surface area (Å²) in [6, 6.07) is 13.4. The van der Waals surface area contributed by atoms with E-state index in [2.05, 4.69) is 11.1 Å². The molecule has 0 aliphatic heterocycles. The number of methoxy groups -OCH3 is 1. The van der Waals surface area contributed by atoms with E-state index in [0.717, 1.165) is 0 Å². The number of aliphatic hydroxyl groups is 2. The molecule has 0 fully saturated rings. The van der Waals surface area contributed by atoms with Crippen LogP contribution in [0.25, 0.3) is 22.0 Å². The molecule has 0 amide bonds. The smallest absolute Gasteiger partial charge is 0.232 e. The highest BCUT2D eigenvalue weighted by Crippen LogP contribution is 2.40. The van der Waals surface area contributed by atoms with Crippen molar-refractivity contribution in [3.8, 4) is 28.8 Å². The Hall–Kier alpha value is -3.21. The lowest BCUT2D eigenvalue weighted by Gasteiger charge is -2.16. The number of fused-ring (bicyclic) bond motifs is 1. The van der Waals surface area contributed by atoms with E-state index < -0.39 is 11.9 Å². The lowest BCUT2D eigenvalue weighted by atomic mass is 9.95. The molecule has 0 saturated carbocycles. The van der Waals surface area contributed by atoms with Gasteiger partial charge in [0.15, 0.2) is 0 Å². The molecule has 1 unspecified atom stereocenters. The van der Waals surface area contributed by atoms with Crippen molar-refractivity contribution < 1.29 is 24.1 Å². The number of nitriles is 1. The van der Waals surface area contributed by atoms with Crippen LogP contribution < -0.4 is 9.47 Å². The molecule has 0 aliphatic carbocycles. The van der Waals surface area contributed by atoms with Gasteiger partial charge < -0.3 is 19.7 Å². The molecule has 150 valence electrons. The third-order valence-corrected chi connectivity index (χ3v) is 4.52. The fourth-order valence-electron chi connectivity index (χ4n) is 3.15. The second kappa shape index (κ2) is 9.32. The molecule has 2 aromatic carbocycles. The summed E-state index contributed by atoms with van der Waals surface area (Å²) in [5.41, 5.74) is 1.72. The molecule has 3 rings (SSSR count). The summed E-state index contributed by atoms with van der Waals surface area (Å²) in [5, 5.41) is 28.8. The number of ether oxygens (including phenoxy) is 2. The number of hydrogen-bond donors (Lipinski definition) is 2. The maximum Gasteiger partial charge on any atom is 0.232 e. The highest BCUT2D eigenvalue weighted by Gasteiger charge is 2.21. The topological polar surface area (TPSA) is 95.6 Å². The van der Waals surface area contributed by atoms with Crippen LogP contribution >= 0.6 is 0 Å². The molecule has 1 atom stereocenters. The van der Waals surface area contributed by atoms with Crippen LogP contribution in [0, 0.1) is 17.1 Å². The molecule has 1 aromatic heterocycles. The van der Waals surface area contributed by atoms with Crippen LogP contribution in [0.2, 0.25) is 0 Å². The summed E-state index contributed by atoms with van der Waals surface area (Å²) in [6.45, 7) is -0.113. The van der Waals surface area contributed by atoms with Crippen molar-refractivity contribution in [2.24, 2.45) is 0 Å². The van der Waals surface area contributed by atoms with Gasteiger partial charge in [-0.1, -0.05) is 18.2 Å². The Labute approximate surface area is 167 Å². The quantitative estimate of drug-likeness (QED) is 0.567. The minimum absolute atomic E-state index is 0.131. The van der Waals surface area contributed by atoms with E-state index in [9.17, 15) is 14.8 Å². The molecule has 0 radical (unpaired) electrons. The zero-order chi connectivity index (χ0) is 20.8. The number of hydrogen-bond acceptors (Lipinski definition) is 6. The van der Waals surface area contributed by atoms with Gasteiger partial charge in [0.05, 0.1) is 37.3 Å². The van der Waals surface area contributed by atoms with Crippen molar-refractivity contribution in [3.05, 3.63) is 53.8 Å². The first-order valence-corrected chi connectivity index (χ1v) is 9.17. The molecule has 1 heterocycles. The predicted octanol–water partition coefficient (Wildman–Crippen LogP) is 3.43. The van der Waals surface area contributed by atoms with E-state index in [-0.39, 0.29) is 24.7 Å². The molecular weight excluding hydrogens is 375 g/mol. The summed E-state index contributed by atoms with van der Waals surface area (Å²) < 4.78 is 25.1. The Balaban J connectivity index is 2.13. The van der Waals surface area contributed by atoms with Gasteiger partial charge in [-0.2, -0.15) is 5.26 Å². The molecule has 6 nitrogen and oxygen atoms in total.